The number of carbonyl (C=O) groups is 1. The van der Waals surface area contributed by atoms with Crippen LogP contribution in [0.2, 0.25) is 0 Å². The fourth-order valence-electron chi connectivity index (χ4n) is 2.25. The third-order valence-corrected chi connectivity index (χ3v) is 4.47. The van der Waals surface area contributed by atoms with Crippen molar-refractivity contribution >= 4 is 17.3 Å². The van der Waals surface area contributed by atoms with Gasteiger partial charge < -0.3 is 18.3 Å². The molecule has 0 aliphatic rings. The van der Waals surface area contributed by atoms with Gasteiger partial charge in [0.15, 0.2) is 18.1 Å². The van der Waals surface area contributed by atoms with E-state index in [1.54, 1.807) is 24.6 Å². The summed E-state index contributed by atoms with van der Waals surface area (Å²) in [6, 6.07) is 10.8. The van der Waals surface area contributed by atoms with Crippen molar-refractivity contribution in [1.82, 2.24) is 15.2 Å². The lowest BCUT2D eigenvalue weighted by atomic mass is 10.2. The van der Waals surface area contributed by atoms with Crippen LogP contribution in [0.25, 0.3) is 22.2 Å². The van der Waals surface area contributed by atoms with Crippen LogP contribution in [-0.2, 0) is 11.3 Å². The summed E-state index contributed by atoms with van der Waals surface area (Å²) in [6.45, 7) is -0.151. The number of carbonyl (C=O) groups excluding carboxylic acids is 1. The van der Waals surface area contributed by atoms with E-state index in [9.17, 15) is 4.79 Å². The zero-order valence-electron chi connectivity index (χ0n) is 14.1. The van der Waals surface area contributed by atoms with Gasteiger partial charge in [-0.15, -0.1) is 21.5 Å². The van der Waals surface area contributed by atoms with Crippen LogP contribution >= 0.6 is 11.3 Å². The van der Waals surface area contributed by atoms with E-state index in [1.165, 1.54) is 17.6 Å². The number of furan rings is 1. The van der Waals surface area contributed by atoms with Gasteiger partial charge in [0.1, 0.15) is 10.8 Å². The molecular weight excluding hydrogens is 370 g/mol. The van der Waals surface area contributed by atoms with Crippen molar-refractivity contribution in [3.63, 3.8) is 0 Å². The van der Waals surface area contributed by atoms with E-state index in [-0.39, 0.29) is 24.1 Å². The minimum atomic E-state index is -0.566. The van der Waals surface area contributed by atoms with Crippen molar-refractivity contribution in [2.45, 2.75) is 6.61 Å². The Kier molecular flexibility index (Phi) is 4.67. The third kappa shape index (κ3) is 3.72. The summed E-state index contributed by atoms with van der Waals surface area (Å²) < 4.78 is 20.9. The van der Waals surface area contributed by atoms with Crippen LogP contribution in [0.3, 0.4) is 0 Å². The highest BCUT2D eigenvalue weighted by Crippen LogP contribution is 2.26. The van der Waals surface area contributed by atoms with E-state index in [4.69, 9.17) is 18.3 Å². The van der Waals surface area contributed by atoms with Crippen molar-refractivity contribution in [3.05, 3.63) is 59.6 Å². The lowest BCUT2D eigenvalue weighted by Crippen LogP contribution is -2.05. The zero-order chi connectivity index (χ0) is 18.6. The Bertz CT molecular complexity index is 1040. The van der Waals surface area contributed by atoms with Gasteiger partial charge in [0.05, 0.1) is 13.4 Å². The first-order valence-corrected chi connectivity index (χ1v) is 8.74. The Hall–Kier alpha value is -3.46. The van der Waals surface area contributed by atoms with E-state index in [0.717, 1.165) is 11.3 Å². The van der Waals surface area contributed by atoms with Crippen molar-refractivity contribution in [1.29, 1.82) is 0 Å². The Labute approximate surface area is 157 Å². The molecule has 0 bridgehead atoms. The predicted molar refractivity (Wildman–Crippen MR) is 95.2 cm³/mol. The largest absolute Gasteiger partial charge is 0.497 e. The molecule has 3 aromatic heterocycles. The first-order chi connectivity index (χ1) is 13.2. The number of ether oxygens (including phenoxy) is 2. The summed E-state index contributed by atoms with van der Waals surface area (Å²) in [4.78, 5) is 16.5. The lowest BCUT2D eigenvalue weighted by Gasteiger charge is -2.00. The molecule has 1 aromatic carbocycles. The summed E-state index contributed by atoms with van der Waals surface area (Å²) in [5, 5.41) is 10.0. The highest BCUT2D eigenvalue weighted by atomic mass is 32.1. The first kappa shape index (κ1) is 17.0. The smallest absolute Gasteiger partial charge is 0.358 e. The lowest BCUT2D eigenvalue weighted by molar-refractivity contribution is 0.0432. The number of nitrogens with zero attached hydrogens (tertiary/aromatic N) is 3. The van der Waals surface area contributed by atoms with Crippen molar-refractivity contribution < 1.29 is 23.1 Å². The monoisotopic (exact) mass is 383 g/mol. The Morgan fingerprint density at radius 1 is 1.19 bits per heavy atom. The fourth-order valence-corrected chi connectivity index (χ4v) is 3.04. The molecule has 0 N–H and O–H groups in total. The average molecular weight is 383 g/mol. The van der Waals surface area contributed by atoms with E-state index >= 15 is 0 Å². The van der Waals surface area contributed by atoms with Gasteiger partial charge in [0.2, 0.25) is 0 Å². The highest BCUT2D eigenvalue weighted by Gasteiger charge is 2.16. The molecule has 4 aromatic rings. The van der Waals surface area contributed by atoms with Crippen LogP contribution in [0.15, 0.2) is 56.9 Å². The summed E-state index contributed by atoms with van der Waals surface area (Å²) in [5.41, 5.74) is 1.11. The standard InChI is InChI=1S/C18H13N3O5S/c1-23-12-6-4-11(5-7-12)17-19-13(10-27-17)18(22)25-9-15-20-21-16(26-15)14-3-2-8-24-14/h2-8,10H,9H2,1H3. The predicted octanol–water partition coefficient (Wildman–Crippen LogP) is 3.82. The number of benzene rings is 1. The summed E-state index contributed by atoms with van der Waals surface area (Å²) in [6.07, 6.45) is 1.50. The molecule has 9 heteroatoms. The molecule has 136 valence electrons. The quantitative estimate of drug-likeness (QED) is 0.463. The minimum Gasteiger partial charge on any atom is -0.497 e. The van der Waals surface area contributed by atoms with Crippen molar-refractivity contribution in [2.75, 3.05) is 7.11 Å². The summed E-state index contributed by atoms with van der Waals surface area (Å²) in [7, 11) is 1.60. The first-order valence-electron chi connectivity index (χ1n) is 7.86. The maximum absolute atomic E-state index is 12.2. The van der Waals surface area contributed by atoms with Gasteiger partial charge in [-0.2, -0.15) is 0 Å². The summed E-state index contributed by atoms with van der Waals surface area (Å²) >= 11 is 1.35. The number of esters is 1. The van der Waals surface area contributed by atoms with Crippen LogP contribution in [0.1, 0.15) is 16.4 Å². The van der Waals surface area contributed by atoms with Gasteiger partial charge >= 0.3 is 5.97 Å². The van der Waals surface area contributed by atoms with E-state index in [1.807, 2.05) is 24.3 Å². The van der Waals surface area contributed by atoms with E-state index in [0.29, 0.717) is 10.8 Å². The normalized spacial score (nSPS) is 10.7. The van der Waals surface area contributed by atoms with Crippen molar-refractivity contribution in [3.8, 4) is 28.0 Å². The molecule has 27 heavy (non-hydrogen) atoms. The van der Waals surface area contributed by atoms with Crippen molar-refractivity contribution in [2.24, 2.45) is 0 Å². The number of rotatable bonds is 6. The molecule has 0 unspecified atom stereocenters. The molecule has 0 aliphatic carbocycles. The number of aromatic nitrogens is 3. The molecule has 3 heterocycles. The maximum atomic E-state index is 12.2. The molecule has 0 aliphatic heterocycles. The Morgan fingerprint density at radius 3 is 2.78 bits per heavy atom. The highest BCUT2D eigenvalue weighted by molar-refractivity contribution is 7.13. The Balaban J connectivity index is 1.39. The van der Waals surface area contributed by atoms with Crippen LogP contribution in [0, 0.1) is 0 Å². The van der Waals surface area contributed by atoms with Gasteiger partial charge in [0.25, 0.3) is 11.8 Å². The molecule has 0 fully saturated rings. The Morgan fingerprint density at radius 2 is 2.04 bits per heavy atom. The second-order valence-electron chi connectivity index (χ2n) is 5.32. The fraction of sp³-hybridized carbons (Fsp3) is 0.111. The number of hydrogen-bond donors (Lipinski definition) is 0. The van der Waals surface area contributed by atoms with Crippen LogP contribution < -0.4 is 4.74 Å². The second kappa shape index (κ2) is 7.42. The van der Waals surface area contributed by atoms with E-state index < -0.39 is 5.97 Å². The molecule has 0 amide bonds. The molecule has 0 saturated carbocycles. The molecule has 0 radical (unpaired) electrons. The van der Waals surface area contributed by atoms with Gasteiger partial charge in [-0.05, 0) is 36.4 Å². The molecule has 0 atom stereocenters. The van der Waals surface area contributed by atoms with Crippen LogP contribution in [0.4, 0.5) is 0 Å². The van der Waals surface area contributed by atoms with Gasteiger partial charge in [-0.3, -0.25) is 0 Å². The second-order valence-corrected chi connectivity index (χ2v) is 6.18. The minimum absolute atomic E-state index is 0.151. The molecule has 0 saturated heterocycles. The van der Waals surface area contributed by atoms with Crippen LogP contribution in [-0.4, -0.2) is 28.3 Å². The van der Waals surface area contributed by atoms with Gasteiger partial charge in [-0.25, -0.2) is 9.78 Å². The molecule has 8 nitrogen and oxygen atoms in total. The number of hydrogen-bond acceptors (Lipinski definition) is 9. The van der Waals surface area contributed by atoms with Gasteiger partial charge in [-0.1, -0.05) is 0 Å². The number of thiazole rings is 1. The molecule has 4 rings (SSSR count). The summed E-state index contributed by atoms with van der Waals surface area (Å²) in [5.74, 6) is 1.03. The van der Waals surface area contributed by atoms with Crippen LogP contribution in [0.5, 0.6) is 5.75 Å². The SMILES string of the molecule is COc1ccc(-c2nc(C(=O)OCc3nnc(-c4ccco4)o3)cs2)cc1. The maximum Gasteiger partial charge on any atom is 0.358 e. The molecular formula is C18H13N3O5S. The average Bonchev–Trinajstić information content (AvgIpc) is 3.47. The topological polar surface area (TPSA) is 100 Å². The van der Waals surface area contributed by atoms with E-state index in [2.05, 4.69) is 15.2 Å². The third-order valence-electron chi connectivity index (χ3n) is 3.58. The zero-order valence-corrected chi connectivity index (χ0v) is 14.9. The molecule has 0 spiro atoms. The number of methoxy groups -OCH3 is 1. The van der Waals surface area contributed by atoms with Gasteiger partial charge in [0, 0.05) is 10.9 Å².